The van der Waals surface area contributed by atoms with E-state index < -0.39 is 0 Å². The van der Waals surface area contributed by atoms with Crippen molar-refractivity contribution < 1.29 is 19.0 Å². The van der Waals surface area contributed by atoms with Gasteiger partial charge in [0.05, 0.1) is 43.5 Å². The van der Waals surface area contributed by atoms with Crippen LogP contribution >= 0.6 is 15.9 Å². The number of methoxy groups -OCH3 is 2. The van der Waals surface area contributed by atoms with E-state index in [4.69, 9.17) is 19.2 Å². The number of aromatic nitrogens is 2. The topological polar surface area (TPSA) is 62.6 Å². The molecule has 1 aliphatic heterocycles. The number of carbonyl (C=O) groups excluding carboxylic acids is 1. The van der Waals surface area contributed by atoms with Gasteiger partial charge in [0.15, 0.2) is 0 Å². The van der Waals surface area contributed by atoms with Gasteiger partial charge in [0.1, 0.15) is 5.82 Å². The number of hydrogen-bond acceptors (Lipinski definition) is 5. The van der Waals surface area contributed by atoms with Crippen LogP contribution in [0.25, 0.3) is 11.0 Å². The van der Waals surface area contributed by atoms with Crippen LogP contribution in [0.1, 0.15) is 32.9 Å². The van der Waals surface area contributed by atoms with Crippen LogP contribution in [-0.2, 0) is 40.4 Å². The summed E-state index contributed by atoms with van der Waals surface area (Å²) in [7, 11) is 3.06. The van der Waals surface area contributed by atoms with E-state index in [1.807, 2.05) is 12.1 Å². The fourth-order valence-corrected chi connectivity index (χ4v) is 4.11. The van der Waals surface area contributed by atoms with Gasteiger partial charge in [-0.1, -0.05) is 22.0 Å². The summed E-state index contributed by atoms with van der Waals surface area (Å²) >= 11 is 3.61. The van der Waals surface area contributed by atoms with E-state index in [9.17, 15) is 4.79 Å². The van der Waals surface area contributed by atoms with Gasteiger partial charge in [-0.3, -0.25) is 0 Å². The zero-order valence-electron chi connectivity index (χ0n) is 15.8. The van der Waals surface area contributed by atoms with Crippen molar-refractivity contribution in [2.24, 2.45) is 0 Å². The van der Waals surface area contributed by atoms with Crippen LogP contribution in [0.2, 0.25) is 0 Å². The summed E-state index contributed by atoms with van der Waals surface area (Å²) in [5.41, 5.74) is 5.92. The molecule has 0 N–H and O–H groups in total. The summed E-state index contributed by atoms with van der Waals surface area (Å²) in [6.45, 7) is 2.46. The number of carbonyl (C=O) groups is 1. The molecule has 0 fully saturated rings. The average Bonchev–Trinajstić information content (AvgIpc) is 3.33. The van der Waals surface area contributed by atoms with Gasteiger partial charge in [0.25, 0.3) is 0 Å². The van der Waals surface area contributed by atoms with E-state index >= 15 is 0 Å². The molecule has 1 aliphatic rings. The normalized spacial score (nSPS) is 13.1. The predicted octanol–water partition coefficient (Wildman–Crippen LogP) is 3.85. The Hall–Kier alpha value is -2.22. The highest BCUT2D eigenvalue weighted by atomic mass is 79.9. The highest BCUT2D eigenvalue weighted by Gasteiger charge is 2.21. The second kappa shape index (κ2) is 8.03. The quantitative estimate of drug-likeness (QED) is 0.540. The van der Waals surface area contributed by atoms with Gasteiger partial charge in [-0.2, -0.15) is 0 Å². The standard InChI is InChI=1S/C21H21BrN2O4/c1-26-8-7-24-19-9-14(21(25)27-2)4-6-18(19)23-20(24)10-13-3-5-17(22)16-12-28-11-15(13)16/h3-6,9H,7-8,10-12H2,1-2H3. The first-order chi connectivity index (χ1) is 13.6. The van der Waals surface area contributed by atoms with Gasteiger partial charge in [-0.25, -0.2) is 9.78 Å². The molecular weight excluding hydrogens is 424 g/mol. The molecule has 2 aromatic carbocycles. The van der Waals surface area contributed by atoms with Crippen molar-refractivity contribution >= 4 is 32.9 Å². The van der Waals surface area contributed by atoms with Crippen LogP contribution in [0.15, 0.2) is 34.8 Å². The fourth-order valence-electron chi connectivity index (χ4n) is 3.62. The summed E-state index contributed by atoms with van der Waals surface area (Å²) in [6, 6.07) is 9.64. The number of benzene rings is 2. The maximum Gasteiger partial charge on any atom is 0.337 e. The molecule has 0 amide bonds. The molecule has 28 heavy (non-hydrogen) atoms. The van der Waals surface area contributed by atoms with Crippen molar-refractivity contribution in [1.82, 2.24) is 9.55 Å². The van der Waals surface area contributed by atoms with E-state index in [0.29, 0.717) is 38.3 Å². The lowest BCUT2D eigenvalue weighted by Crippen LogP contribution is -2.10. The third-order valence-electron chi connectivity index (χ3n) is 5.08. The summed E-state index contributed by atoms with van der Waals surface area (Å²) in [5, 5.41) is 0. The maximum atomic E-state index is 11.9. The van der Waals surface area contributed by atoms with Gasteiger partial charge >= 0.3 is 5.97 Å². The first-order valence-electron chi connectivity index (χ1n) is 9.05. The number of nitrogens with zero attached hydrogens (tertiary/aromatic N) is 2. The summed E-state index contributed by atoms with van der Waals surface area (Å²) < 4.78 is 19.0. The molecule has 0 aliphatic carbocycles. The lowest BCUT2D eigenvalue weighted by molar-refractivity contribution is 0.0601. The second-order valence-electron chi connectivity index (χ2n) is 6.70. The Morgan fingerprint density at radius 3 is 2.82 bits per heavy atom. The van der Waals surface area contributed by atoms with E-state index in [2.05, 4.69) is 32.6 Å². The number of imidazole rings is 1. The number of rotatable bonds is 6. The van der Waals surface area contributed by atoms with Crippen molar-refractivity contribution in [1.29, 1.82) is 0 Å². The second-order valence-corrected chi connectivity index (χ2v) is 7.56. The van der Waals surface area contributed by atoms with Crippen LogP contribution in [0.3, 0.4) is 0 Å². The predicted molar refractivity (Wildman–Crippen MR) is 108 cm³/mol. The summed E-state index contributed by atoms with van der Waals surface area (Å²) in [4.78, 5) is 16.8. The number of ether oxygens (including phenoxy) is 3. The van der Waals surface area contributed by atoms with Gasteiger partial charge in [0.2, 0.25) is 0 Å². The van der Waals surface area contributed by atoms with E-state index in [0.717, 1.165) is 21.3 Å². The van der Waals surface area contributed by atoms with Crippen LogP contribution in [-0.4, -0.2) is 36.3 Å². The number of halogens is 1. The molecule has 0 radical (unpaired) electrons. The molecular formula is C21H21BrN2O4. The summed E-state index contributed by atoms with van der Waals surface area (Å²) in [5.74, 6) is 0.580. The van der Waals surface area contributed by atoms with Crippen molar-refractivity contribution in [2.45, 2.75) is 26.2 Å². The van der Waals surface area contributed by atoms with E-state index in [1.165, 1.54) is 23.8 Å². The van der Waals surface area contributed by atoms with Gasteiger partial charge in [0, 0.05) is 24.5 Å². The van der Waals surface area contributed by atoms with Crippen molar-refractivity contribution in [3.8, 4) is 0 Å². The van der Waals surface area contributed by atoms with Crippen LogP contribution in [0.5, 0.6) is 0 Å². The molecule has 0 saturated heterocycles. The Morgan fingerprint density at radius 2 is 2.04 bits per heavy atom. The highest BCUT2D eigenvalue weighted by Crippen LogP contribution is 2.32. The van der Waals surface area contributed by atoms with Crippen LogP contribution in [0.4, 0.5) is 0 Å². The Balaban J connectivity index is 1.78. The molecule has 4 rings (SSSR count). The zero-order valence-corrected chi connectivity index (χ0v) is 17.4. The minimum absolute atomic E-state index is 0.356. The molecule has 0 saturated carbocycles. The molecule has 7 heteroatoms. The third-order valence-corrected chi connectivity index (χ3v) is 5.82. The van der Waals surface area contributed by atoms with Gasteiger partial charge in [-0.15, -0.1) is 0 Å². The molecule has 146 valence electrons. The molecule has 0 unspecified atom stereocenters. The highest BCUT2D eigenvalue weighted by molar-refractivity contribution is 9.10. The fraction of sp³-hybridized carbons (Fsp3) is 0.333. The molecule has 6 nitrogen and oxygen atoms in total. The lowest BCUT2D eigenvalue weighted by Gasteiger charge is -2.12. The minimum atomic E-state index is -0.356. The van der Waals surface area contributed by atoms with Crippen molar-refractivity contribution in [2.75, 3.05) is 20.8 Å². The largest absolute Gasteiger partial charge is 0.465 e. The Morgan fingerprint density at radius 1 is 1.21 bits per heavy atom. The summed E-state index contributed by atoms with van der Waals surface area (Å²) in [6.07, 6.45) is 0.685. The molecule has 3 aromatic rings. The number of hydrogen-bond donors (Lipinski definition) is 0. The molecule has 0 atom stereocenters. The Labute approximate surface area is 171 Å². The average molecular weight is 445 g/mol. The van der Waals surface area contributed by atoms with Gasteiger partial charge < -0.3 is 18.8 Å². The Kier molecular flexibility index (Phi) is 5.48. The Bertz CT molecular complexity index is 1040. The molecule has 1 aromatic heterocycles. The van der Waals surface area contributed by atoms with Crippen molar-refractivity contribution in [3.63, 3.8) is 0 Å². The number of fused-ring (bicyclic) bond motifs is 2. The first-order valence-corrected chi connectivity index (χ1v) is 9.85. The SMILES string of the molecule is COCCn1c(Cc2ccc(Br)c3c2COC3)nc2ccc(C(=O)OC)cc21. The van der Waals surface area contributed by atoms with Crippen molar-refractivity contribution in [3.05, 3.63) is 62.9 Å². The minimum Gasteiger partial charge on any atom is -0.465 e. The first kappa shape index (κ1) is 19.1. The lowest BCUT2D eigenvalue weighted by atomic mass is 10.0. The van der Waals surface area contributed by atoms with Crippen LogP contribution in [0, 0.1) is 0 Å². The number of esters is 1. The van der Waals surface area contributed by atoms with E-state index in [-0.39, 0.29) is 5.97 Å². The maximum absolute atomic E-state index is 11.9. The van der Waals surface area contributed by atoms with E-state index in [1.54, 1.807) is 13.2 Å². The zero-order chi connectivity index (χ0) is 19.7. The van der Waals surface area contributed by atoms with Crippen LogP contribution < -0.4 is 0 Å². The molecule has 0 bridgehead atoms. The smallest absolute Gasteiger partial charge is 0.337 e. The van der Waals surface area contributed by atoms with Gasteiger partial charge in [-0.05, 0) is 41.0 Å². The third kappa shape index (κ3) is 3.45. The monoisotopic (exact) mass is 444 g/mol. The molecule has 2 heterocycles. The molecule has 0 spiro atoms.